The average Bonchev–Trinajstić information content (AvgIpc) is 3.13. The minimum atomic E-state index is -0.206. The van der Waals surface area contributed by atoms with Crippen LogP contribution in [0.5, 0.6) is 5.75 Å². The fourth-order valence-electron chi connectivity index (χ4n) is 2.13. The number of carbonyl (C=O) groups excluding carboxylic acids is 1. The lowest BCUT2D eigenvalue weighted by Gasteiger charge is -2.05. The molecule has 1 N–H and O–H groups in total. The molecular weight excluding hydrogens is 366 g/mol. The maximum absolute atomic E-state index is 12.3. The largest absolute Gasteiger partial charge is 0.494 e. The van der Waals surface area contributed by atoms with E-state index in [1.807, 2.05) is 18.2 Å². The zero-order valence-corrected chi connectivity index (χ0v) is 16.0. The van der Waals surface area contributed by atoms with Gasteiger partial charge in [-0.2, -0.15) is 0 Å². The van der Waals surface area contributed by atoms with Crippen molar-refractivity contribution in [3.8, 4) is 5.75 Å². The van der Waals surface area contributed by atoms with Crippen LogP contribution in [0.15, 0.2) is 58.9 Å². The van der Waals surface area contributed by atoms with Gasteiger partial charge in [-0.05, 0) is 36.2 Å². The van der Waals surface area contributed by atoms with Crippen molar-refractivity contribution in [3.63, 3.8) is 0 Å². The molecular formula is C19H19N3O2S2. The second kappa shape index (κ2) is 9.35. The van der Waals surface area contributed by atoms with Crippen molar-refractivity contribution in [2.45, 2.75) is 23.4 Å². The Labute approximate surface area is 160 Å². The molecule has 0 saturated heterocycles. The summed E-state index contributed by atoms with van der Waals surface area (Å²) in [5.41, 5.74) is 1.78. The standard InChI is InChI=1S/C19H19N3O2S2/c1-2-12-24-16-10-8-15(9-11-16)17(23)20-18-21-22-19(26-18)25-13-14-6-4-3-5-7-14/h3-11H,2,12-13H2,1H3,(H,20,21,23). The normalized spacial score (nSPS) is 10.5. The molecule has 26 heavy (non-hydrogen) atoms. The number of nitrogens with zero attached hydrogens (tertiary/aromatic N) is 2. The summed E-state index contributed by atoms with van der Waals surface area (Å²) >= 11 is 2.98. The van der Waals surface area contributed by atoms with E-state index in [-0.39, 0.29) is 5.91 Å². The van der Waals surface area contributed by atoms with Gasteiger partial charge in [0.25, 0.3) is 5.91 Å². The predicted molar refractivity (Wildman–Crippen MR) is 106 cm³/mol. The van der Waals surface area contributed by atoms with Crippen LogP contribution in [0.2, 0.25) is 0 Å². The topological polar surface area (TPSA) is 64.1 Å². The molecule has 1 amide bonds. The lowest BCUT2D eigenvalue weighted by Crippen LogP contribution is -2.11. The summed E-state index contributed by atoms with van der Waals surface area (Å²) in [5.74, 6) is 1.38. The third-order valence-corrected chi connectivity index (χ3v) is 5.46. The molecule has 0 atom stereocenters. The van der Waals surface area contributed by atoms with E-state index >= 15 is 0 Å². The number of rotatable bonds is 8. The molecule has 0 aliphatic carbocycles. The molecule has 0 radical (unpaired) electrons. The summed E-state index contributed by atoms with van der Waals surface area (Å²) in [5, 5.41) is 11.5. The average molecular weight is 386 g/mol. The minimum Gasteiger partial charge on any atom is -0.494 e. The van der Waals surface area contributed by atoms with E-state index in [1.165, 1.54) is 16.9 Å². The lowest BCUT2D eigenvalue weighted by molar-refractivity contribution is 0.102. The van der Waals surface area contributed by atoms with Crippen molar-refractivity contribution in [1.82, 2.24) is 10.2 Å². The molecule has 3 aromatic rings. The maximum Gasteiger partial charge on any atom is 0.257 e. The Bertz CT molecular complexity index is 836. The van der Waals surface area contributed by atoms with Crippen LogP contribution in [-0.4, -0.2) is 22.7 Å². The molecule has 1 aromatic heterocycles. The number of benzene rings is 2. The van der Waals surface area contributed by atoms with E-state index in [0.29, 0.717) is 17.3 Å². The Balaban J connectivity index is 1.54. The third kappa shape index (κ3) is 5.31. The number of amides is 1. The first-order chi connectivity index (χ1) is 12.7. The molecule has 0 saturated carbocycles. The van der Waals surface area contributed by atoms with Crippen molar-refractivity contribution in [2.24, 2.45) is 0 Å². The Morgan fingerprint density at radius 3 is 2.62 bits per heavy atom. The third-order valence-electron chi connectivity index (χ3n) is 3.42. The van der Waals surface area contributed by atoms with Crippen LogP contribution in [-0.2, 0) is 5.75 Å². The highest BCUT2D eigenvalue weighted by Gasteiger charge is 2.11. The highest BCUT2D eigenvalue weighted by molar-refractivity contribution is 8.00. The van der Waals surface area contributed by atoms with Crippen LogP contribution in [0.3, 0.4) is 0 Å². The molecule has 5 nitrogen and oxygen atoms in total. The van der Waals surface area contributed by atoms with Gasteiger partial charge in [0, 0.05) is 11.3 Å². The number of hydrogen-bond acceptors (Lipinski definition) is 6. The van der Waals surface area contributed by atoms with E-state index in [1.54, 1.807) is 36.0 Å². The van der Waals surface area contributed by atoms with Crippen molar-refractivity contribution >= 4 is 34.1 Å². The summed E-state index contributed by atoms with van der Waals surface area (Å²) in [7, 11) is 0. The van der Waals surface area contributed by atoms with Crippen molar-refractivity contribution in [3.05, 3.63) is 65.7 Å². The van der Waals surface area contributed by atoms with E-state index < -0.39 is 0 Å². The highest BCUT2D eigenvalue weighted by Crippen LogP contribution is 2.28. The van der Waals surface area contributed by atoms with Gasteiger partial charge in [0.2, 0.25) is 5.13 Å². The monoisotopic (exact) mass is 385 g/mol. The fourth-order valence-corrected chi connectivity index (χ4v) is 3.83. The molecule has 0 spiro atoms. The summed E-state index contributed by atoms with van der Waals surface area (Å²) in [6.07, 6.45) is 0.948. The number of nitrogens with one attached hydrogen (secondary N) is 1. The first-order valence-corrected chi connectivity index (χ1v) is 10.1. The first-order valence-electron chi connectivity index (χ1n) is 8.29. The maximum atomic E-state index is 12.3. The summed E-state index contributed by atoms with van der Waals surface area (Å²) in [6.45, 7) is 2.72. The summed E-state index contributed by atoms with van der Waals surface area (Å²) in [4.78, 5) is 12.3. The Hall–Kier alpha value is -2.38. The quantitative estimate of drug-likeness (QED) is 0.443. The van der Waals surface area contributed by atoms with E-state index in [2.05, 4.69) is 34.6 Å². The van der Waals surface area contributed by atoms with Crippen LogP contribution < -0.4 is 10.1 Å². The number of thioether (sulfide) groups is 1. The lowest BCUT2D eigenvalue weighted by atomic mass is 10.2. The number of ether oxygens (including phenoxy) is 1. The SMILES string of the molecule is CCCOc1ccc(C(=O)Nc2nnc(SCc3ccccc3)s2)cc1. The second-order valence-electron chi connectivity index (χ2n) is 5.47. The van der Waals surface area contributed by atoms with E-state index in [9.17, 15) is 4.79 Å². The van der Waals surface area contributed by atoms with Gasteiger partial charge in [-0.15, -0.1) is 10.2 Å². The minimum absolute atomic E-state index is 0.206. The van der Waals surface area contributed by atoms with Gasteiger partial charge in [-0.1, -0.05) is 60.4 Å². The first kappa shape index (κ1) is 18.4. The molecule has 3 rings (SSSR count). The van der Waals surface area contributed by atoms with Gasteiger partial charge in [-0.25, -0.2) is 0 Å². The molecule has 7 heteroatoms. The van der Waals surface area contributed by atoms with Crippen molar-refractivity contribution in [1.29, 1.82) is 0 Å². The molecule has 134 valence electrons. The fraction of sp³-hybridized carbons (Fsp3) is 0.211. The molecule has 0 unspecified atom stereocenters. The van der Waals surface area contributed by atoms with Crippen LogP contribution in [0, 0.1) is 0 Å². The zero-order chi connectivity index (χ0) is 18.2. The van der Waals surface area contributed by atoms with Gasteiger partial charge in [0.1, 0.15) is 5.75 Å². The van der Waals surface area contributed by atoms with Crippen molar-refractivity contribution in [2.75, 3.05) is 11.9 Å². The molecule has 0 aliphatic heterocycles. The van der Waals surface area contributed by atoms with Crippen LogP contribution >= 0.6 is 23.1 Å². The number of aromatic nitrogens is 2. The van der Waals surface area contributed by atoms with Gasteiger partial charge < -0.3 is 4.74 Å². The van der Waals surface area contributed by atoms with E-state index in [4.69, 9.17) is 4.74 Å². The highest BCUT2D eigenvalue weighted by atomic mass is 32.2. The van der Waals surface area contributed by atoms with Gasteiger partial charge in [0.05, 0.1) is 6.61 Å². The summed E-state index contributed by atoms with van der Waals surface area (Å²) < 4.78 is 6.35. The summed E-state index contributed by atoms with van der Waals surface area (Å²) in [6, 6.07) is 17.3. The molecule has 0 aliphatic rings. The van der Waals surface area contributed by atoms with Crippen LogP contribution in [0.1, 0.15) is 29.3 Å². The Morgan fingerprint density at radius 1 is 1.12 bits per heavy atom. The van der Waals surface area contributed by atoms with Crippen molar-refractivity contribution < 1.29 is 9.53 Å². The molecule has 0 bridgehead atoms. The smallest absolute Gasteiger partial charge is 0.257 e. The van der Waals surface area contributed by atoms with Gasteiger partial charge in [0.15, 0.2) is 4.34 Å². The van der Waals surface area contributed by atoms with Gasteiger partial charge >= 0.3 is 0 Å². The zero-order valence-electron chi connectivity index (χ0n) is 14.3. The molecule has 1 heterocycles. The predicted octanol–water partition coefficient (Wildman–Crippen LogP) is 4.87. The van der Waals surface area contributed by atoms with Crippen LogP contribution in [0.4, 0.5) is 5.13 Å². The number of hydrogen-bond donors (Lipinski definition) is 1. The number of carbonyl (C=O) groups is 1. The van der Waals surface area contributed by atoms with E-state index in [0.717, 1.165) is 22.3 Å². The Kier molecular flexibility index (Phi) is 6.62. The van der Waals surface area contributed by atoms with Crippen LogP contribution in [0.25, 0.3) is 0 Å². The Morgan fingerprint density at radius 2 is 1.88 bits per heavy atom. The molecule has 0 fully saturated rings. The number of anilines is 1. The van der Waals surface area contributed by atoms with Gasteiger partial charge in [-0.3, -0.25) is 10.1 Å². The molecule has 2 aromatic carbocycles. The second-order valence-corrected chi connectivity index (χ2v) is 7.67.